The molecule has 1 aliphatic heterocycles. The molecule has 1 aliphatic rings. The molecule has 2 rings (SSSR count). The lowest BCUT2D eigenvalue weighted by Gasteiger charge is -2.12. The van der Waals surface area contributed by atoms with Crippen LogP contribution in [0.15, 0.2) is 29.2 Å². The van der Waals surface area contributed by atoms with Gasteiger partial charge in [0.05, 0.1) is 6.10 Å². The van der Waals surface area contributed by atoms with Gasteiger partial charge in [-0.05, 0) is 24.3 Å². The fourth-order valence-electron chi connectivity index (χ4n) is 1.45. The summed E-state index contributed by atoms with van der Waals surface area (Å²) < 4.78 is 12.6. The first-order valence-electron chi connectivity index (χ1n) is 4.57. The number of aliphatic hydroxyl groups is 1. The largest absolute Gasteiger partial charge is 0.391 e. The molecule has 0 aliphatic carbocycles. The first-order chi connectivity index (χ1) is 6.75. The first kappa shape index (κ1) is 9.96. The van der Waals surface area contributed by atoms with Crippen molar-refractivity contribution in [2.45, 2.75) is 16.2 Å². The molecule has 76 valence electrons. The fourth-order valence-corrected chi connectivity index (χ4v) is 2.55. The van der Waals surface area contributed by atoms with Gasteiger partial charge < -0.3 is 10.4 Å². The summed E-state index contributed by atoms with van der Waals surface area (Å²) in [6.45, 7) is 1.46. The minimum atomic E-state index is -0.301. The molecule has 0 radical (unpaired) electrons. The molecule has 2 atom stereocenters. The highest BCUT2D eigenvalue weighted by molar-refractivity contribution is 8.00. The molecular formula is C10H12FNOS. The standard InChI is InChI=1S/C10H12FNOS/c11-7-1-3-8(4-2-7)14-10-6-12-5-9(10)13/h1-4,9-10,12-13H,5-6H2/t9-,10-/m1/s1. The van der Waals surface area contributed by atoms with Crippen molar-refractivity contribution in [1.82, 2.24) is 5.32 Å². The number of hydrogen-bond acceptors (Lipinski definition) is 3. The number of hydrogen-bond donors (Lipinski definition) is 2. The Balaban J connectivity index is 2.00. The number of thioether (sulfide) groups is 1. The quantitative estimate of drug-likeness (QED) is 0.775. The van der Waals surface area contributed by atoms with Crippen molar-refractivity contribution in [3.05, 3.63) is 30.1 Å². The first-order valence-corrected chi connectivity index (χ1v) is 5.44. The second-order valence-electron chi connectivity index (χ2n) is 3.34. The molecule has 4 heteroatoms. The van der Waals surface area contributed by atoms with Crippen LogP contribution in [0.25, 0.3) is 0 Å². The maximum Gasteiger partial charge on any atom is 0.123 e. The van der Waals surface area contributed by atoms with Crippen LogP contribution in [0.4, 0.5) is 4.39 Å². The summed E-state index contributed by atoms with van der Waals surface area (Å²) in [4.78, 5) is 0.999. The van der Waals surface area contributed by atoms with Crippen LogP contribution in [-0.2, 0) is 0 Å². The van der Waals surface area contributed by atoms with E-state index in [1.165, 1.54) is 12.1 Å². The lowest BCUT2D eigenvalue weighted by molar-refractivity contribution is 0.201. The van der Waals surface area contributed by atoms with Crippen LogP contribution < -0.4 is 5.32 Å². The Morgan fingerprint density at radius 2 is 2.00 bits per heavy atom. The minimum Gasteiger partial charge on any atom is -0.391 e. The predicted molar refractivity (Wildman–Crippen MR) is 54.9 cm³/mol. The molecular weight excluding hydrogens is 201 g/mol. The number of halogens is 1. The molecule has 0 bridgehead atoms. The van der Waals surface area contributed by atoms with Crippen LogP contribution in [0.2, 0.25) is 0 Å². The van der Waals surface area contributed by atoms with Crippen molar-refractivity contribution in [2.75, 3.05) is 13.1 Å². The highest BCUT2D eigenvalue weighted by Gasteiger charge is 2.25. The van der Waals surface area contributed by atoms with Crippen LogP contribution in [-0.4, -0.2) is 29.5 Å². The third-order valence-electron chi connectivity index (χ3n) is 2.23. The summed E-state index contributed by atoms with van der Waals surface area (Å²) in [5, 5.41) is 12.8. The highest BCUT2D eigenvalue weighted by Crippen LogP contribution is 2.27. The second-order valence-corrected chi connectivity index (χ2v) is 4.65. The molecule has 2 N–H and O–H groups in total. The van der Waals surface area contributed by atoms with E-state index in [2.05, 4.69) is 5.32 Å². The highest BCUT2D eigenvalue weighted by atomic mass is 32.2. The fraction of sp³-hybridized carbons (Fsp3) is 0.400. The Morgan fingerprint density at radius 1 is 1.29 bits per heavy atom. The van der Waals surface area contributed by atoms with Gasteiger partial charge in [-0.1, -0.05) is 0 Å². The van der Waals surface area contributed by atoms with Crippen molar-refractivity contribution in [1.29, 1.82) is 0 Å². The molecule has 0 aromatic heterocycles. The third-order valence-corrected chi connectivity index (χ3v) is 3.56. The monoisotopic (exact) mass is 213 g/mol. The zero-order valence-electron chi connectivity index (χ0n) is 7.61. The number of benzene rings is 1. The van der Waals surface area contributed by atoms with Gasteiger partial charge in [-0.15, -0.1) is 11.8 Å². The Bertz CT molecular complexity index is 303. The summed E-state index contributed by atoms with van der Waals surface area (Å²) in [6, 6.07) is 6.37. The Hall–Kier alpha value is -0.580. The molecule has 14 heavy (non-hydrogen) atoms. The van der Waals surface area contributed by atoms with Gasteiger partial charge in [0.1, 0.15) is 5.82 Å². The number of rotatable bonds is 2. The molecule has 2 nitrogen and oxygen atoms in total. The Labute approximate surface area is 86.5 Å². The third kappa shape index (κ3) is 2.26. The summed E-state index contributed by atoms with van der Waals surface area (Å²) in [6.07, 6.45) is -0.301. The zero-order valence-corrected chi connectivity index (χ0v) is 8.43. The molecule has 0 unspecified atom stereocenters. The van der Waals surface area contributed by atoms with Crippen molar-refractivity contribution in [3.63, 3.8) is 0 Å². The van der Waals surface area contributed by atoms with Crippen molar-refractivity contribution in [2.24, 2.45) is 0 Å². The second kappa shape index (κ2) is 4.29. The molecule has 0 spiro atoms. The van der Waals surface area contributed by atoms with Crippen molar-refractivity contribution < 1.29 is 9.50 Å². The maximum atomic E-state index is 12.6. The molecule has 1 aromatic carbocycles. The van der Waals surface area contributed by atoms with E-state index in [0.29, 0.717) is 6.54 Å². The van der Waals surface area contributed by atoms with Crippen LogP contribution in [0.5, 0.6) is 0 Å². The molecule has 1 saturated heterocycles. The van der Waals surface area contributed by atoms with Crippen LogP contribution >= 0.6 is 11.8 Å². The van der Waals surface area contributed by atoms with Crippen LogP contribution in [0.1, 0.15) is 0 Å². The lowest BCUT2D eigenvalue weighted by atomic mass is 10.3. The van der Waals surface area contributed by atoms with E-state index in [1.54, 1.807) is 23.9 Å². The van der Waals surface area contributed by atoms with Gasteiger partial charge in [-0.25, -0.2) is 4.39 Å². The normalized spacial score (nSPS) is 26.7. The van der Waals surface area contributed by atoms with Crippen LogP contribution in [0, 0.1) is 5.82 Å². The molecule has 0 amide bonds. The SMILES string of the molecule is O[C@@H]1CNC[C@H]1Sc1ccc(F)cc1. The smallest absolute Gasteiger partial charge is 0.123 e. The van der Waals surface area contributed by atoms with E-state index >= 15 is 0 Å². The number of nitrogens with one attached hydrogen (secondary N) is 1. The van der Waals surface area contributed by atoms with Gasteiger partial charge in [0.25, 0.3) is 0 Å². The summed E-state index contributed by atoms with van der Waals surface area (Å²) in [5.41, 5.74) is 0. The van der Waals surface area contributed by atoms with Gasteiger partial charge in [-0.3, -0.25) is 0 Å². The topological polar surface area (TPSA) is 32.3 Å². The van der Waals surface area contributed by atoms with Gasteiger partial charge in [0, 0.05) is 23.2 Å². The van der Waals surface area contributed by atoms with E-state index in [-0.39, 0.29) is 17.2 Å². The van der Waals surface area contributed by atoms with Crippen molar-refractivity contribution in [3.8, 4) is 0 Å². The van der Waals surface area contributed by atoms with Gasteiger partial charge in [0.2, 0.25) is 0 Å². The van der Waals surface area contributed by atoms with Gasteiger partial charge in [-0.2, -0.15) is 0 Å². The summed E-state index contributed by atoms with van der Waals surface area (Å²) in [7, 11) is 0. The lowest BCUT2D eigenvalue weighted by Crippen LogP contribution is -2.19. The van der Waals surface area contributed by atoms with Gasteiger partial charge in [0.15, 0.2) is 0 Å². The predicted octanol–water partition coefficient (Wildman–Crippen LogP) is 1.25. The van der Waals surface area contributed by atoms with Gasteiger partial charge >= 0.3 is 0 Å². The average molecular weight is 213 g/mol. The van der Waals surface area contributed by atoms with E-state index in [1.807, 2.05) is 0 Å². The summed E-state index contributed by atoms with van der Waals surface area (Å²) in [5.74, 6) is -0.223. The van der Waals surface area contributed by atoms with Crippen LogP contribution in [0.3, 0.4) is 0 Å². The number of β-amino-alcohol motifs (C(OH)–C–C–N with tert-alkyl or cyclic N) is 1. The van der Waals surface area contributed by atoms with E-state index in [0.717, 1.165) is 11.4 Å². The number of aliphatic hydroxyl groups excluding tert-OH is 1. The zero-order chi connectivity index (χ0) is 9.97. The molecule has 1 heterocycles. The Kier molecular flexibility index (Phi) is 3.05. The van der Waals surface area contributed by atoms with E-state index in [9.17, 15) is 9.50 Å². The molecule has 0 saturated carbocycles. The molecule has 1 aromatic rings. The Morgan fingerprint density at radius 3 is 2.57 bits per heavy atom. The summed E-state index contributed by atoms with van der Waals surface area (Å²) >= 11 is 1.59. The molecule has 1 fully saturated rings. The van der Waals surface area contributed by atoms with Crippen molar-refractivity contribution >= 4 is 11.8 Å². The maximum absolute atomic E-state index is 12.6. The average Bonchev–Trinajstić information content (AvgIpc) is 2.56. The van der Waals surface area contributed by atoms with E-state index < -0.39 is 0 Å². The minimum absolute atomic E-state index is 0.181. The van der Waals surface area contributed by atoms with E-state index in [4.69, 9.17) is 0 Å².